The second-order valence-electron chi connectivity index (χ2n) is 10.3. The summed E-state index contributed by atoms with van der Waals surface area (Å²) in [6, 6.07) is 16.3. The van der Waals surface area contributed by atoms with Crippen LogP contribution in [0.15, 0.2) is 48.5 Å². The Hall–Kier alpha value is -3.35. The van der Waals surface area contributed by atoms with Gasteiger partial charge in [0.05, 0.1) is 5.41 Å². The Kier molecular flexibility index (Phi) is 4.90. The van der Waals surface area contributed by atoms with E-state index in [2.05, 4.69) is 29.6 Å². The number of rotatable bonds is 5. The number of aliphatic carboxylic acids is 1. The molecule has 2 aromatic rings. The molecule has 4 atom stereocenters. The van der Waals surface area contributed by atoms with Crippen molar-refractivity contribution in [1.82, 2.24) is 10.2 Å². The third-order valence-electron chi connectivity index (χ3n) is 8.33. The molecule has 7 heteroatoms. The monoisotopic (exact) mass is 460 g/mol. The highest BCUT2D eigenvalue weighted by Crippen LogP contribution is 2.58. The summed E-state index contributed by atoms with van der Waals surface area (Å²) >= 11 is 0. The van der Waals surface area contributed by atoms with Gasteiger partial charge in [-0.15, -0.1) is 0 Å². The van der Waals surface area contributed by atoms with Crippen LogP contribution < -0.4 is 5.32 Å². The van der Waals surface area contributed by atoms with E-state index in [-0.39, 0.29) is 36.3 Å². The molecule has 2 N–H and O–H groups in total. The van der Waals surface area contributed by atoms with E-state index < -0.39 is 17.5 Å². The number of piperidine rings is 1. The Morgan fingerprint density at radius 3 is 2.35 bits per heavy atom. The average Bonchev–Trinajstić information content (AvgIpc) is 3.16. The lowest BCUT2D eigenvalue weighted by molar-refractivity contribution is -0.144. The Morgan fingerprint density at radius 1 is 1.03 bits per heavy atom. The van der Waals surface area contributed by atoms with E-state index in [0.29, 0.717) is 32.4 Å². The Labute approximate surface area is 198 Å². The first kappa shape index (κ1) is 21.2. The van der Waals surface area contributed by atoms with E-state index in [4.69, 9.17) is 4.74 Å². The molecule has 2 aromatic carbocycles. The molecule has 0 bridgehead atoms. The standard InChI is InChI=1S/C27H28N2O5/c30-24(29-13-17-12-27(17,15-29)25(31)32)16-9-10-18(11-16)28-26(33)34-14-23-21-7-3-1-5-19(21)20-6-2-4-8-22(20)23/h1-8,16-18,23H,9-15H2,(H,28,33)(H,31,32)/t16-,17?,18+,27?/m0/s1. The van der Waals surface area contributed by atoms with Gasteiger partial charge >= 0.3 is 12.1 Å². The lowest BCUT2D eigenvalue weighted by Crippen LogP contribution is -2.38. The summed E-state index contributed by atoms with van der Waals surface area (Å²) in [6.07, 6.45) is 2.23. The van der Waals surface area contributed by atoms with Gasteiger partial charge in [0.2, 0.25) is 5.91 Å². The van der Waals surface area contributed by atoms with E-state index in [1.165, 1.54) is 22.3 Å². The number of benzene rings is 2. The minimum atomic E-state index is -0.783. The summed E-state index contributed by atoms with van der Waals surface area (Å²) in [5.41, 5.74) is 4.02. The lowest BCUT2D eigenvalue weighted by Gasteiger charge is -2.23. The first-order chi connectivity index (χ1) is 16.5. The van der Waals surface area contributed by atoms with Crippen molar-refractivity contribution in [2.45, 2.75) is 37.6 Å². The highest BCUT2D eigenvalue weighted by Gasteiger charge is 2.66. The highest BCUT2D eigenvalue weighted by atomic mass is 16.5. The van der Waals surface area contributed by atoms with E-state index in [9.17, 15) is 19.5 Å². The molecule has 2 unspecified atom stereocenters. The van der Waals surface area contributed by atoms with Gasteiger partial charge in [-0.1, -0.05) is 48.5 Å². The van der Waals surface area contributed by atoms with Crippen LogP contribution in [0.25, 0.3) is 11.1 Å². The maximum absolute atomic E-state index is 12.9. The number of hydrogen-bond donors (Lipinski definition) is 2. The molecule has 1 saturated heterocycles. The molecule has 7 nitrogen and oxygen atoms in total. The molecule has 0 radical (unpaired) electrons. The number of nitrogens with one attached hydrogen (secondary N) is 1. The van der Waals surface area contributed by atoms with E-state index in [0.717, 1.165) is 6.42 Å². The number of carbonyl (C=O) groups excluding carboxylic acids is 2. The number of carbonyl (C=O) groups is 3. The quantitative estimate of drug-likeness (QED) is 0.711. The van der Waals surface area contributed by atoms with Gasteiger partial charge in [0.1, 0.15) is 6.61 Å². The molecule has 1 aliphatic heterocycles. The Morgan fingerprint density at radius 2 is 1.71 bits per heavy atom. The van der Waals surface area contributed by atoms with Crippen LogP contribution in [0.4, 0.5) is 4.79 Å². The third-order valence-corrected chi connectivity index (χ3v) is 8.33. The molecule has 4 aliphatic rings. The third kappa shape index (κ3) is 3.37. The van der Waals surface area contributed by atoms with Crippen LogP contribution in [0.1, 0.15) is 42.7 Å². The molecule has 2 amide bonds. The Balaban J connectivity index is 1.03. The zero-order chi connectivity index (χ0) is 23.4. The van der Waals surface area contributed by atoms with Gasteiger partial charge in [-0.05, 0) is 53.9 Å². The van der Waals surface area contributed by atoms with Crippen molar-refractivity contribution in [3.63, 3.8) is 0 Å². The summed E-state index contributed by atoms with van der Waals surface area (Å²) in [6.45, 7) is 1.14. The fraction of sp³-hybridized carbons (Fsp3) is 0.444. The SMILES string of the molecule is O=C(N[C@@H]1CC[C@H](C(=O)N2CC3CC3(C(=O)O)C2)C1)OCC1c2ccccc2-c2ccccc21. The predicted molar refractivity (Wildman–Crippen MR) is 124 cm³/mol. The minimum absolute atomic E-state index is 0.0132. The minimum Gasteiger partial charge on any atom is -0.481 e. The number of hydrogen-bond acceptors (Lipinski definition) is 4. The van der Waals surface area contributed by atoms with Gasteiger partial charge in [-0.3, -0.25) is 9.59 Å². The number of carboxylic acid groups (broad SMARTS) is 1. The summed E-state index contributed by atoms with van der Waals surface area (Å²) in [5, 5.41) is 12.4. The molecule has 3 aliphatic carbocycles. The molecule has 0 spiro atoms. The number of fused-ring (bicyclic) bond motifs is 4. The van der Waals surface area contributed by atoms with E-state index >= 15 is 0 Å². The van der Waals surface area contributed by atoms with Crippen LogP contribution in [-0.2, 0) is 14.3 Å². The average molecular weight is 461 g/mol. The van der Waals surface area contributed by atoms with Crippen LogP contribution in [0.2, 0.25) is 0 Å². The van der Waals surface area contributed by atoms with Gasteiger partial charge in [-0.2, -0.15) is 0 Å². The largest absolute Gasteiger partial charge is 0.481 e. The van der Waals surface area contributed by atoms with E-state index in [1.54, 1.807) is 4.90 Å². The van der Waals surface area contributed by atoms with Crippen LogP contribution in [-0.4, -0.2) is 53.7 Å². The number of nitrogens with zero attached hydrogens (tertiary/aromatic N) is 1. The predicted octanol–water partition coefficient (Wildman–Crippen LogP) is 3.63. The topological polar surface area (TPSA) is 95.9 Å². The van der Waals surface area contributed by atoms with Gasteiger partial charge < -0.3 is 20.1 Å². The van der Waals surface area contributed by atoms with Crippen LogP contribution in [0.5, 0.6) is 0 Å². The smallest absolute Gasteiger partial charge is 0.407 e. The zero-order valence-electron chi connectivity index (χ0n) is 18.9. The molecule has 34 heavy (non-hydrogen) atoms. The van der Waals surface area contributed by atoms with Crippen molar-refractivity contribution in [2.75, 3.05) is 19.7 Å². The molecular weight excluding hydrogens is 432 g/mol. The van der Waals surface area contributed by atoms with Crippen LogP contribution in [0.3, 0.4) is 0 Å². The van der Waals surface area contributed by atoms with Gasteiger partial charge in [-0.25, -0.2) is 4.79 Å². The number of likely N-dealkylation sites (tertiary alicyclic amines) is 1. The maximum Gasteiger partial charge on any atom is 0.407 e. The second kappa shape index (κ2) is 7.86. The zero-order valence-corrected chi connectivity index (χ0v) is 18.9. The molecule has 176 valence electrons. The number of alkyl carbamates (subject to hydrolysis) is 1. The first-order valence-electron chi connectivity index (χ1n) is 12.1. The maximum atomic E-state index is 12.9. The van der Waals surface area contributed by atoms with Crippen molar-refractivity contribution in [3.05, 3.63) is 59.7 Å². The molecule has 1 heterocycles. The van der Waals surface area contributed by atoms with Gasteiger partial charge in [0, 0.05) is 31.0 Å². The molecule has 6 rings (SSSR count). The summed E-state index contributed by atoms with van der Waals surface area (Å²) in [7, 11) is 0. The number of carboxylic acids is 1. The van der Waals surface area contributed by atoms with Crippen LogP contribution in [0, 0.1) is 17.3 Å². The summed E-state index contributed by atoms with van der Waals surface area (Å²) in [4.78, 5) is 38.8. The fourth-order valence-corrected chi connectivity index (χ4v) is 6.38. The van der Waals surface area contributed by atoms with Crippen molar-refractivity contribution in [3.8, 4) is 11.1 Å². The molecule has 3 fully saturated rings. The van der Waals surface area contributed by atoms with Crippen molar-refractivity contribution >= 4 is 18.0 Å². The molecule has 0 aromatic heterocycles. The van der Waals surface area contributed by atoms with Gasteiger partial charge in [0.15, 0.2) is 0 Å². The van der Waals surface area contributed by atoms with Crippen LogP contribution >= 0.6 is 0 Å². The lowest BCUT2D eigenvalue weighted by atomic mass is 9.98. The molecule has 2 saturated carbocycles. The van der Waals surface area contributed by atoms with E-state index in [1.807, 2.05) is 24.3 Å². The first-order valence-corrected chi connectivity index (χ1v) is 12.1. The second-order valence-corrected chi connectivity index (χ2v) is 10.3. The highest BCUT2D eigenvalue weighted by molar-refractivity contribution is 5.85. The number of amides is 2. The summed E-state index contributed by atoms with van der Waals surface area (Å²) < 4.78 is 5.65. The van der Waals surface area contributed by atoms with Crippen molar-refractivity contribution < 1.29 is 24.2 Å². The van der Waals surface area contributed by atoms with Gasteiger partial charge in [0.25, 0.3) is 0 Å². The van der Waals surface area contributed by atoms with Crippen molar-refractivity contribution in [2.24, 2.45) is 17.3 Å². The molecular formula is C27H28N2O5. The summed E-state index contributed by atoms with van der Waals surface area (Å²) in [5.74, 6) is -0.801. The van der Waals surface area contributed by atoms with Crippen molar-refractivity contribution in [1.29, 1.82) is 0 Å². The fourth-order valence-electron chi connectivity index (χ4n) is 6.38. The normalized spacial score (nSPS) is 28.7. The Bertz CT molecular complexity index is 1130. The number of ether oxygens (including phenoxy) is 1.